The van der Waals surface area contributed by atoms with Crippen LogP contribution in [0, 0.1) is 0 Å². The van der Waals surface area contributed by atoms with Gasteiger partial charge in [0.25, 0.3) is 0 Å². The number of hydrogen-bond acceptors (Lipinski definition) is 2. The van der Waals surface area contributed by atoms with E-state index in [2.05, 4.69) is 224 Å². The highest BCUT2D eigenvalue weighted by Crippen LogP contribution is 2.55. The first kappa shape index (κ1) is 32.5. The molecule has 0 amide bonds. The lowest BCUT2D eigenvalue weighted by atomic mass is 9.69. The molecule has 1 aliphatic carbocycles. The number of imidazole rings is 1. The molecule has 1 aliphatic heterocycles. The van der Waals surface area contributed by atoms with E-state index in [-0.39, 0.29) is 5.41 Å². The molecule has 0 unspecified atom stereocenters. The van der Waals surface area contributed by atoms with Gasteiger partial charge in [-0.1, -0.05) is 159 Å². The molecular weight excluding hydrogens is 679 g/mol. The first-order valence-corrected chi connectivity index (χ1v) is 19.5. The number of benzene rings is 8. The summed E-state index contributed by atoms with van der Waals surface area (Å²) < 4.78 is 2.39. The Morgan fingerprint density at radius 2 is 0.982 bits per heavy atom. The summed E-state index contributed by atoms with van der Waals surface area (Å²) in [5, 5.41) is 0. The van der Waals surface area contributed by atoms with Crippen molar-refractivity contribution in [3.8, 4) is 27.9 Å². The van der Waals surface area contributed by atoms with Crippen molar-refractivity contribution in [3.63, 3.8) is 0 Å². The Bertz CT molecular complexity index is 2880. The molecular formula is C53H39N3. The van der Waals surface area contributed by atoms with Crippen molar-refractivity contribution >= 4 is 28.1 Å². The summed E-state index contributed by atoms with van der Waals surface area (Å²) in [6, 6.07) is 73.0. The maximum absolute atomic E-state index is 5.47. The number of para-hydroxylation sites is 2. The minimum atomic E-state index is -0.655. The van der Waals surface area contributed by atoms with Gasteiger partial charge in [-0.3, -0.25) is 4.57 Å². The maximum Gasteiger partial charge on any atom is 0.134 e. The Morgan fingerprint density at radius 3 is 1.70 bits per heavy atom. The van der Waals surface area contributed by atoms with Gasteiger partial charge in [0.15, 0.2) is 0 Å². The number of nitrogens with zero attached hydrogens (tertiary/aromatic N) is 3. The molecule has 0 bridgehead atoms. The highest BCUT2D eigenvalue weighted by molar-refractivity contribution is 5.89. The number of aromatic nitrogens is 2. The Hall–Kier alpha value is -6.97. The molecule has 266 valence electrons. The largest absolute Gasteiger partial charge is 0.310 e. The molecule has 0 fully saturated rings. The molecule has 2 heterocycles. The summed E-state index contributed by atoms with van der Waals surface area (Å²) in [6.45, 7) is 4.71. The van der Waals surface area contributed by atoms with Crippen LogP contribution in [0.25, 0.3) is 39.0 Å². The average Bonchev–Trinajstić information content (AvgIpc) is 3.85. The minimum Gasteiger partial charge on any atom is -0.310 e. The molecule has 0 saturated heterocycles. The Morgan fingerprint density at radius 1 is 0.446 bits per heavy atom. The van der Waals surface area contributed by atoms with Gasteiger partial charge in [-0.15, -0.1) is 0 Å². The van der Waals surface area contributed by atoms with Crippen molar-refractivity contribution in [3.05, 3.63) is 234 Å². The van der Waals surface area contributed by atoms with E-state index < -0.39 is 5.41 Å². The van der Waals surface area contributed by atoms with E-state index in [1.54, 1.807) is 0 Å². The Balaban J connectivity index is 1.17. The maximum atomic E-state index is 5.47. The van der Waals surface area contributed by atoms with Gasteiger partial charge in [0, 0.05) is 28.0 Å². The minimum absolute atomic E-state index is 0.130. The second-order valence-corrected chi connectivity index (χ2v) is 15.6. The van der Waals surface area contributed by atoms with E-state index in [1.165, 1.54) is 50.1 Å². The number of hydrogen-bond donors (Lipinski definition) is 0. The zero-order valence-corrected chi connectivity index (χ0v) is 31.4. The van der Waals surface area contributed by atoms with Crippen LogP contribution in [0.3, 0.4) is 0 Å². The molecule has 56 heavy (non-hydrogen) atoms. The smallest absolute Gasteiger partial charge is 0.134 e. The molecule has 0 saturated carbocycles. The fourth-order valence-corrected chi connectivity index (χ4v) is 9.62. The van der Waals surface area contributed by atoms with Crippen molar-refractivity contribution in [1.82, 2.24) is 9.55 Å². The molecule has 11 rings (SSSR count). The predicted molar refractivity (Wildman–Crippen MR) is 231 cm³/mol. The second-order valence-electron chi connectivity index (χ2n) is 15.6. The van der Waals surface area contributed by atoms with E-state index in [9.17, 15) is 0 Å². The van der Waals surface area contributed by atoms with Crippen molar-refractivity contribution in [1.29, 1.82) is 0 Å². The van der Waals surface area contributed by atoms with Crippen LogP contribution >= 0.6 is 0 Å². The number of rotatable bonds is 6. The van der Waals surface area contributed by atoms with Crippen molar-refractivity contribution in [2.24, 2.45) is 0 Å². The zero-order chi connectivity index (χ0) is 37.4. The molecule has 8 aromatic carbocycles. The molecule has 0 radical (unpaired) electrons. The van der Waals surface area contributed by atoms with Gasteiger partial charge >= 0.3 is 0 Å². The third kappa shape index (κ3) is 4.61. The molecule has 3 heteroatoms. The second kappa shape index (κ2) is 12.3. The molecule has 0 atom stereocenters. The summed E-state index contributed by atoms with van der Waals surface area (Å²) in [5.74, 6) is 1.01. The van der Waals surface area contributed by atoms with E-state index in [0.717, 1.165) is 39.6 Å². The van der Waals surface area contributed by atoms with E-state index in [4.69, 9.17) is 4.98 Å². The SMILES string of the molecule is CC1(C)c2ccccc2-c2ccc(N(c3ccc(-c4ccccc4)cc3)c3ccc4c(c3)C(c3ccccc3)(c3ccccc3)c3nc5ccccc5n3-4)cc21. The predicted octanol–water partition coefficient (Wildman–Crippen LogP) is 13.2. The van der Waals surface area contributed by atoms with Gasteiger partial charge in [-0.25, -0.2) is 4.98 Å². The highest BCUT2D eigenvalue weighted by Gasteiger charge is 2.49. The van der Waals surface area contributed by atoms with Crippen LogP contribution in [0.2, 0.25) is 0 Å². The van der Waals surface area contributed by atoms with Crippen LogP contribution in [0.15, 0.2) is 200 Å². The Labute approximate surface area is 327 Å². The normalized spacial score (nSPS) is 14.2. The first-order valence-electron chi connectivity index (χ1n) is 19.5. The summed E-state index contributed by atoms with van der Waals surface area (Å²) in [5.41, 5.74) is 17.1. The molecule has 9 aromatic rings. The van der Waals surface area contributed by atoms with Gasteiger partial charge in [0.05, 0.1) is 16.7 Å². The van der Waals surface area contributed by atoms with Crippen LogP contribution < -0.4 is 4.90 Å². The molecule has 1 aromatic heterocycles. The van der Waals surface area contributed by atoms with Crippen LogP contribution in [-0.2, 0) is 10.8 Å². The molecule has 2 aliphatic rings. The van der Waals surface area contributed by atoms with Gasteiger partial charge in [-0.05, 0) is 99.1 Å². The molecule has 3 nitrogen and oxygen atoms in total. The average molecular weight is 718 g/mol. The van der Waals surface area contributed by atoms with Crippen molar-refractivity contribution < 1.29 is 0 Å². The highest BCUT2D eigenvalue weighted by atomic mass is 15.2. The zero-order valence-electron chi connectivity index (χ0n) is 31.4. The van der Waals surface area contributed by atoms with Gasteiger partial charge in [0.1, 0.15) is 11.2 Å². The van der Waals surface area contributed by atoms with Crippen LogP contribution in [0.1, 0.15) is 47.5 Å². The van der Waals surface area contributed by atoms with Crippen molar-refractivity contribution in [2.75, 3.05) is 4.90 Å². The summed E-state index contributed by atoms with van der Waals surface area (Å²) in [4.78, 5) is 7.91. The number of anilines is 3. The van der Waals surface area contributed by atoms with Crippen LogP contribution in [0.5, 0.6) is 0 Å². The lowest BCUT2D eigenvalue weighted by molar-refractivity contribution is 0.660. The third-order valence-corrected chi connectivity index (χ3v) is 12.3. The summed E-state index contributed by atoms with van der Waals surface area (Å²) in [6.07, 6.45) is 0. The van der Waals surface area contributed by atoms with E-state index in [1.807, 2.05) is 0 Å². The lowest BCUT2D eigenvalue weighted by Gasteiger charge is -2.33. The lowest BCUT2D eigenvalue weighted by Crippen LogP contribution is -2.30. The quantitative estimate of drug-likeness (QED) is 0.171. The molecule has 0 spiro atoms. The van der Waals surface area contributed by atoms with Gasteiger partial charge in [0.2, 0.25) is 0 Å². The topological polar surface area (TPSA) is 21.1 Å². The van der Waals surface area contributed by atoms with Crippen molar-refractivity contribution in [2.45, 2.75) is 24.7 Å². The monoisotopic (exact) mass is 717 g/mol. The standard InChI is InChI=1S/C53H39N3/c1-52(2)45-23-13-12-22-43(45)44-32-30-41(34-46(44)52)55(40-28-26-37(27-29-40)36-16-6-3-7-17-36)42-31-33-49-47(35-42)53(38-18-8-4-9-19-38,39-20-10-5-11-21-39)51-54-48-24-14-15-25-50(48)56(49)51/h3-35H,1-2H3. The summed E-state index contributed by atoms with van der Waals surface area (Å²) in [7, 11) is 0. The summed E-state index contributed by atoms with van der Waals surface area (Å²) >= 11 is 0. The van der Waals surface area contributed by atoms with Crippen LogP contribution in [-0.4, -0.2) is 9.55 Å². The van der Waals surface area contributed by atoms with Gasteiger partial charge < -0.3 is 4.90 Å². The Kier molecular flexibility index (Phi) is 7.11. The van der Waals surface area contributed by atoms with E-state index >= 15 is 0 Å². The fourth-order valence-electron chi connectivity index (χ4n) is 9.62. The third-order valence-electron chi connectivity index (χ3n) is 12.3. The number of fused-ring (bicyclic) bond motifs is 8. The van der Waals surface area contributed by atoms with Crippen LogP contribution in [0.4, 0.5) is 17.1 Å². The van der Waals surface area contributed by atoms with E-state index in [0.29, 0.717) is 0 Å². The van der Waals surface area contributed by atoms with Gasteiger partial charge in [-0.2, -0.15) is 0 Å². The fraction of sp³-hybridized carbons (Fsp3) is 0.0755. The first-order chi connectivity index (χ1) is 27.5. The molecule has 0 N–H and O–H groups in total.